The van der Waals surface area contributed by atoms with Crippen LogP contribution in [0.15, 0.2) is 18.2 Å². The molecule has 5 fully saturated rings. The number of rotatable bonds is 5. The van der Waals surface area contributed by atoms with Crippen LogP contribution in [0, 0.1) is 37.0 Å². The van der Waals surface area contributed by atoms with Crippen LogP contribution in [0.4, 0.5) is 0 Å². The van der Waals surface area contributed by atoms with Gasteiger partial charge in [-0.25, -0.2) is 0 Å². The lowest BCUT2D eigenvalue weighted by Gasteiger charge is -2.59. The van der Waals surface area contributed by atoms with E-state index in [4.69, 9.17) is 10.5 Å². The molecule has 1 aromatic carbocycles. The fourth-order valence-corrected chi connectivity index (χ4v) is 7.09. The third kappa shape index (κ3) is 3.89. The van der Waals surface area contributed by atoms with Crippen molar-refractivity contribution in [2.75, 3.05) is 19.7 Å². The number of amides is 2. The van der Waals surface area contributed by atoms with Gasteiger partial charge in [-0.2, -0.15) is 0 Å². The van der Waals surface area contributed by atoms with Gasteiger partial charge in [0.25, 0.3) is 5.91 Å². The summed E-state index contributed by atoms with van der Waals surface area (Å²) >= 11 is 0. The van der Waals surface area contributed by atoms with Crippen LogP contribution in [0.1, 0.15) is 48.8 Å². The van der Waals surface area contributed by atoms with Crippen molar-refractivity contribution in [2.45, 2.75) is 64.6 Å². The third-order valence-electron chi connectivity index (χ3n) is 8.44. The monoisotopic (exact) mass is 425 g/mol. The average molecular weight is 426 g/mol. The number of primary amides is 1. The first-order valence-corrected chi connectivity index (χ1v) is 11.8. The highest BCUT2D eigenvalue weighted by Gasteiger charge is 2.58. The van der Waals surface area contributed by atoms with Gasteiger partial charge in [-0.3, -0.25) is 14.5 Å². The third-order valence-corrected chi connectivity index (χ3v) is 8.44. The second kappa shape index (κ2) is 7.89. The van der Waals surface area contributed by atoms with Crippen molar-refractivity contribution >= 4 is 11.8 Å². The first kappa shape index (κ1) is 21.0. The summed E-state index contributed by atoms with van der Waals surface area (Å²) in [5.74, 6) is 1.22. The van der Waals surface area contributed by atoms with Gasteiger partial charge in [-0.15, -0.1) is 0 Å². The van der Waals surface area contributed by atoms with Gasteiger partial charge in [0.15, 0.2) is 0 Å². The van der Waals surface area contributed by atoms with Gasteiger partial charge in [-0.05, 0) is 74.8 Å². The summed E-state index contributed by atoms with van der Waals surface area (Å²) in [7, 11) is 0. The zero-order valence-corrected chi connectivity index (χ0v) is 18.7. The molecule has 4 saturated carbocycles. The van der Waals surface area contributed by atoms with Gasteiger partial charge in [0.1, 0.15) is 6.10 Å². The fourth-order valence-electron chi connectivity index (χ4n) is 7.09. The van der Waals surface area contributed by atoms with Gasteiger partial charge >= 0.3 is 0 Å². The Morgan fingerprint density at radius 1 is 1.19 bits per heavy atom. The molecule has 168 valence electrons. The van der Waals surface area contributed by atoms with E-state index in [0.717, 1.165) is 45.2 Å². The molecule has 0 radical (unpaired) electrons. The second-order valence-corrected chi connectivity index (χ2v) is 10.7. The van der Waals surface area contributed by atoms with Gasteiger partial charge in [0.05, 0.1) is 6.61 Å². The quantitative estimate of drug-likeness (QED) is 0.758. The molecule has 6 nitrogen and oxygen atoms in total. The molecule has 1 saturated heterocycles. The normalized spacial score (nSPS) is 37.0. The van der Waals surface area contributed by atoms with Gasteiger partial charge in [0, 0.05) is 31.1 Å². The molecule has 0 aromatic heterocycles. The smallest absolute Gasteiger partial charge is 0.250 e. The Kier molecular flexibility index (Phi) is 5.33. The first-order chi connectivity index (χ1) is 14.8. The number of aryl methyl sites for hydroxylation is 2. The topological polar surface area (TPSA) is 84.7 Å². The van der Waals surface area contributed by atoms with E-state index in [1.165, 1.54) is 16.7 Å². The summed E-state index contributed by atoms with van der Waals surface area (Å²) < 4.78 is 5.88. The Hall–Kier alpha value is -1.92. The zero-order chi connectivity index (χ0) is 21.8. The lowest BCUT2D eigenvalue weighted by molar-refractivity contribution is -0.151. The summed E-state index contributed by atoms with van der Waals surface area (Å²) in [6.45, 7) is 7.15. The number of ether oxygens (including phenoxy) is 1. The number of benzene rings is 1. The minimum absolute atomic E-state index is 0.0101. The fraction of sp³-hybridized carbons (Fsp3) is 0.680. The lowest BCUT2D eigenvalue weighted by Crippen LogP contribution is -2.63. The molecule has 1 heterocycles. The highest BCUT2D eigenvalue weighted by atomic mass is 16.5. The first-order valence-electron chi connectivity index (χ1n) is 11.8. The van der Waals surface area contributed by atoms with E-state index in [-0.39, 0.29) is 23.3 Å². The van der Waals surface area contributed by atoms with Crippen molar-refractivity contribution in [3.05, 3.63) is 34.9 Å². The molecule has 3 atom stereocenters. The molecule has 1 aromatic rings. The summed E-state index contributed by atoms with van der Waals surface area (Å²) in [6, 6.07) is 6.72. The number of carbonyl (C=O) groups is 2. The number of morpholine rings is 1. The largest absolute Gasteiger partial charge is 0.369 e. The van der Waals surface area contributed by atoms with E-state index >= 15 is 0 Å². The van der Waals surface area contributed by atoms with Crippen molar-refractivity contribution in [3.8, 4) is 0 Å². The molecule has 2 unspecified atom stereocenters. The van der Waals surface area contributed by atoms with Crippen molar-refractivity contribution < 1.29 is 14.3 Å². The van der Waals surface area contributed by atoms with Crippen LogP contribution >= 0.6 is 0 Å². The Bertz CT molecular complexity index is 869. The number of carbonyl (C=O) groups excluding carboxylic acids is 2. The van der Waals surface area contributed by atoms with Crippen LogP contribution in [0.2, 0.25) is 0 Å². The SMILES string of the molecule is Cc1ccc(CN2CCO[C@@H](C(=O)NC3C4CC5CC3CC(C(N)=O)(C5)C4)C2)c(C)c1. The van der Waals surface area contributed by atoms with Gasteiger partial charge < -0.3 is 15.8 Å². The maximum absolute atomic E-state index is 13.2. The Morgan fingerprint density at radius 2 is 1.94 bits per heavy atom. The standard InChI is InChI=1S/C25H35N3O3/c1-15-3-4-18(16(2)7-15)13-28-5-6-31-21(14-28)23(29)27-22-19-8-17-9-20(22)12-25(10-17,11-19)24(26)30/h3-4,7,17,19-22H,5-6,8-14H2,1-2H3,(H2,26,30)(H,27,29)/t17?,19?,20?,21-,22?,25?/m1/s1. The Morgan fingerprint density at radius 3 is 2.61 bits per heavy atom. The molecule has 4 aliphatic carbocycles. The molecular weight excluding hydrogens is 390 g/mol. The highest BCUT2D eigenvalue weighted by molar-refractivity contribution is 5.83. The maximum Gasteiger partial charge on any atom is 0.250 e. The second-order valence-electron chi connectivity index (χ2n) is 10.7. The molecule has 6 rings (SSSR count). The van der Waals surface area contributed by atoms with E-state index in [0.29, 0.717) is 30.9 Å². The van der Waals surface area contributed by atoms with E-state index in [2.05, 4.69) is 42.3 Å². The Labute approximate surface area is 184 Å². The predicted molar refractivity (Wildman–Crippen MR) is 118 cm³/mol. The summed E-state index contributed by atoms with van der Waals surface area (Å²) in [6.07, 6.45) is 4.42. The molecule has 1 aliphatic heterocycles. The van der Waals surface area contributed by atoms with Crippen molar-refractivity contribution in [1.29, 1.82) is 0 Å². The van der Waals surface area contributed by atoms with Gasteiger partial charge in [0.2, 0.25) is 5.91 Å². The van der Waals surface area contributed by atoms with Gasteiger partial charge in [-0.1, -0.05) is 23.8 Å². The van der Waals surface area contributed by atoms with Crippen molar-refractivity contribution in [3.63, 3.8) is 0 Å². The minimum atomic E-state index is -0.429. The molecule has 0 spiro atoms. The van der Waals surface area contributed by atoms with Crippen LogP contribution in [-0.2, 0) is 20.9 Å². The zero-order valence-electron chi connectivity index (χ0n) is 18.7. The molecular formula is C25H35N3O3. The number of nitrogens with two attached hydrogens (primary N) is 1. The summed E-state index contributed by atoms with van der Waals surface area (Å²) in [5, 5.41) is 3.35. The lowest BCUT2D eigenvalue weighted by atomic mass is 9.47. The number of nitrogens with zero attached hydrogens (tertiary/aromatic N) is 1. The average Bonchev–Trinajstić information content (AvgIpc) is 2.72. The number of hydrogen-bond donors (Lipinski definition) is 2. The molecule has 4 bridgehead atoms. The van der Waals surface area contributed by atoms with E-state index in [1.54, 1.807) is 0 Å². The molecule has 6 heteroatoms. The minimum Gasteiger partial charge on any atom is -0.369 e. The van der Waals surface area contributed by atoms with Crippen LogP contribution in [0.25, 0.3) is 0 Å². The van der Waals surface area contributed by atoms with Crippen molar-refractivity contribution in [1.82, 2.24) is 10.2 Å². The van der Waals surface area contributed by atoms with E-state index < -0.39 is 6.10 Å². The number of hydrogen-bond acceptors (Lipinski definition) is 4. The molecule has 5 aliphatic rings. The highest BCUT2D eigenvalue weighted by Crippen LogP contribution is 2.59. The van der Waals surface area contributed by atoms with Crippen LogP contribution in [0.3, 0.4) is 0 Å². The predicted octanol–water partition coefficient (Wildman–Crippen LogP) is 2.30. The molecule has 31 heavy (non-hydrogen) atoms. The van der Waals surface area contributed by atoms with Crippen LogP contribution in [0.5, 0.6) is 0 Å². The maximum atomic E-state index is 13.2. The summed E-state index contributed by atoms with van der Waals surface area (Å²) in [5.41, 5.74) is 9.36. The van der Waals surface area contributed by atoms with Crippen molar-refractivity contribution in [2.24, 2.45) is 28.9 Å². The summed E-state index contributed by atoms with van der Waals surface area (Å²) in [4.78, 5) is 27.7. The molecule has 3 N–H and O–H groups in total. The Balaban J connectivity index is 1.21. The van der Waals surface area contributed by atoms with Crippen LogP contribution in [-0.4, -0.2) is 48.6 Å². The van der Waals surface area contributed by atoms with E-state index in [1.807, 2.05) is 0 Å². The van der Waals surface area contributed by atoms with E-state index in [9.17, 15) is 9.59 Å². The van der Waals surface area contributed by atoms with Crippen LogP contribution < -0.4 is 11.1 Å². The number of nitrogens with one attached hydrogen (secondary N) is 1. The molecule has 2 amide bonds.